The van der Waals surface area contributed by atoms with E-state index in [1.807, 2.05) is 0 Å². The summed E-state index contributed by atoms with van der Waals surface area (Å²) < 4.78 is 5.49. The number of piperidine rings is 1. The maximum absolute atomic E-state index is 5.49. The van der Waals surface area contributed by atoms with Crippen LogP contribution in [-0.4, -0.2) is 50.3 Å². The molecule has 1 heterocycles. The summed E-state index contributed by atoms with van der Waals surface area (Å²) in [5.41, 5.74) is 0. The van der Waals surface area contributed by atoms with Crippen LogP contribution in [0, 0.1) is 5.92 Å². The Labute approximate surface area is 107 Å². The van der Waals surface area contributed by atoms with Gasteiger partial charge in [-0.05, 0) is 45.7 Å². The summed E-state index contributed by atoms with van der Waals surface area (Å²) in [7, 11) is 2.23. The molecular formula is C14H30N2O. The predicted molar refractivity (Wildman–Crippen MR) is 73.4 cm³/mol. The van der Waals surface area contributed by atoms with Crippen LogP contribution in [0.1, 0.15) is 40.0 Å². The maximum Gasteiger partial charge on any atom is 0.0478 e. The Morgan fingerprint density at radius 1 is 1.29 bits per heavy atom. The lowest BCUT2D eigenvalue weighted by Gasteiger charge is -2.40. The molecule has 3 unspecified atom stereocenters. The first kappa shape index (κ1) is 14.9. The van der Waals surface area contributed by atoms with Crippen molar-refractivity contribution < 1.29 is 4.74 Å². The molecule has 0 aromatic carbocycles. The number of ether oxygens (including phenoxy) is 1. The molecule has 1 N–H and O–H groups in total. The van der Waals surface area contributed by atoms with Gasteiger partial charge >= 0.3 is 0 Å². The molecule has 3 heteroatoms. The van der Waals surface area contributed by atoms with Gasteiger partial charge in [-0.15, -0.1) is 0 Å². The molecule has 0 bridgehead atoms. The number of hydrogen-bond donors (Lipinski definition) is 1. The third kappa shape index (κ3) is 5.36. The largest absolute Gasteiger partial charge is 0.381 e. The van der Waals surface area contributed by atoms with Gasteiger partial charge in [-0.1, -0.05) is 13.8 Å². The van der Waals surface area contributed by atoms with Crippen LogP contribution in [0.2, 0.25) is 0 Å². The minimum absolute atomic E-state index is 0.687. The van der Waals surface area contributed by atoms with Gasteiger partial charge in [0.05, 0.1) is 0 Å². The number of likely N-dealkylation sites (tertiary alicyclic amines) is 1. The molecule has 0 amide bonds. The molecule has 3 atom stereocenters. The van der Waals surface area contributed by atoms with Crippen molar-refractivity contribution in [3.63, 3.8) is 0 Å². The molecule has 0 saturated carbocycles. The summed E-state index contributed by atoms with van der Waals surface area (Å²) in [4.78, 5) is 2.47. The lowest BCUT2D eigenvalue weighted by Crippen LogP contribution is -2.51. The van der Waals surface area contributed by atoms with Gasteiger partial charge in [0.25, 0.3) is 0 Å². The van der Waals surface area contributed by atoms with Gasteiger partial charge in [0.15, 0.2) is 0 Å². The van der Waals surface area contributed by atoms with Crippen molar-refractivity contribution in [2.45, 2.75) is 52.1 Å². The van der Waals surface area contributed by atoms with E-state index in [0.29, 0.717) is 12.1 Å². The standard InChI is InChI=1S/C14H30N2O/c1-5-8-17-9-6-7-15-14-10-13(3)16(4)11-12(14)2/h12-15H,5-11H2,1-4H3. The monoisotopic (exact) mass is 242 g/mol. The van der Waals surface area contributed by atoms with Crippen LogP contribution in [0.25, 0.3) is 0 Å². The van der Waals surface area contributed by atoms with E-state index in [1.165, 1.54) is 13.0 Å². The van der Waals surface area contributed by atoms with Gasteiger partial charge < -0.3 is 15.0 Å². The van der Waals surface area contributed by atoms with Crippen molar-refractivity contribution in [1.82, 2.24) is 10.2 Å². The van der Waals surface area contributed by atoms with Gasteiger partial charge in [-0.3, -0.25) is 0 Å². The van der Waals surface area contributed by atoms with Crippen molar-refractivity contribution >= 4 is 0 Å². The average molecular weight is 242 g/mol. The Balaban J connectivity index is 2.10. The predicted octanol–water partition coefficient (Wildman–Crippen LogP) is 2.12. The average Bonchev–Trinajstić information content (AvgIpc) is 2.30. The molecule has 1 aliphatic rings. The van der Waals surface area contributed by atoms with E-state index in [9.17, 15) is 0 Å². The van der Waals surface area contributed by atoms with Crippen LogP contribution in [0.5, 0.6) is 0 Å². The Hall–Kier alpha value is -0.120. The molecule has 102 valence electrons. The summed E-state index contributed by atoms with van der Waals surface area (Å²) in [5.74, 6) is 0.757. The second-order valence-corrected chi connectivity index (χ2v) is 5.53. The lowest BCUT2D eigenvalue weighted by molar-refractivity contribution is 0.112. The summed E-state index contributed by atoms with van der Waals surface area (Å²) in [6.45, 7) is 10.9. The first-order valence-corrected chi connectivity index (χ1v) is 7.16. The van der Waals surface area contributed by atoms with Crippen molar-refractivity contribution in [3.8, 4) is 0 Å². The number of nitrogens with one attached hydrogen (secondary N) is 1. The zero-order valence-corrected chi connectivity index (χ0v) is 12.0. The fourth-order valence-electron chi connectivity index (χ4n) is 2.53. The van der Waals surface area contributed by atoms with Crippen molar-refractivity contribution in [2.75, 3.05) is 33.4 Å². The van der Waals surface area contributed by atoms with Crippen molar-refractivity contribution in [2.24, 2.45) is 5.92 Å². The molecule has 1 fully saturated rings. The van der Waals surface area contributed by atoms with Gasteiger partial charge in [-0.2, -0.15) is 0 Å². The first-order chi connectivity index (χ1) is 8.15. The fraction of sp³-hybridized carbons (Fsp3) is 1.00. The molecule has 1 saturated heterocycles. The van der Waals surface area contributed by atoms with E-state index in [-0.39, 0.29) is 0 Å². The fourth-order valence-corrected chi connectivity index (χ4v) is 2.53. The van der Waals surface area contributed by atoms with Gasteiger partial charge in [-0.25, -0.2) is 0 Å². The summed E-state index contributed by atoms with van der Waals surface area (Å²) >= 11 is 0. The van der Waals surface area contributed by atoms with Gasteiger partial charge in [0.1, 0.15) is 0 Å². The minimum atomic E-state index is 0.687. The van der Waals surface area contributed by atoms with Crippen LogP contribution in [0.4, 0.5) is 0 Å². The molecular weight excluding hydrogens is 212 g/mol. The highest BCUT2D eigenvalue weighted by Gasteiger charge is 2.27. The minimum Gasteiger partial charge on any atom is -0.381 e. The normalized spacial score (nSPS) is 30.7. The van der Waals surface area contributed by atoms with Gasteiger partial charge in [0.2, 0.25) is 0 Å². The van der Waals surface area contributed by atoms with Crippen molar-refractivity contribution in [3.05, 3.63) is 0 Å². The second-order valence-electron chi connectivity index (χ2n) is 5.53. The zero-order valence-electron chi connectivity index (χ0n) is 12.0. The lowest BCUT2D eigenvalue weighted by atomic mass is 9.90. The molecule has 0 aliphatic carbocycles. The van der Waals surface area contributed by atoms with E-state index in [4.69, 9.17) is 4.74 Å². The number of rotatable bonds is 7. The summed E-state index contributed by atoms with van der Waals surface area (Å²) in [5, 5.41) is 3.69. The molecule has 17 heavy (non-hydrogen) atoms. The van der Waals surface area contributed by atoms with Crippen LogP contribution in [-0.2, 0) is 4.74 Å². The Morgan fingerprint density at radius 2 is 2.06 bits per heavy atom. The van der Waals surface area contributed by atoms with Crippen LogP contribution in [0.3, 0.4) is 0 Å². The van der Waals surface area contributed by atoms with Gasteiger partial charge in [0, 0.05) is 31.8 Å². The quantitative estimate of drug-likeness (QED) is 0.692. The second kappa shape index (κ2) is 8.06. The molecule has 3 nitrogen and oxygen atoms in total. The van der Waals surface area contributed by atoms with Crippen LogP contribution < -0.4 is 5.32 Å². The zero-order chi connectivity index (χ0) is 12.7. The summed E-state index contributed by atoms with van der Waals surface area (Å²) in [6, 6.07) is 1.40. The number of nitrogens with zero attached hydrogens (tertiary/aromatic N) is 1. The molecule has 0 aromatic heterocycles. The molecule has 1 rings (SSSR count). The third-order valence-corrected chi connectivity index (χ3v) is 3.83. The molecule has 0 radical (unpaired) electrons. The van der Waals surface area contributed by atoms with E-state index in [0.717, 1.165) is 38.5 Å². The van der Waals surface area contributed by atoms with Crippen LogP contribution >= 0.6 is 0 Å². The first-order valence-electron chi connectivity index (χ1n) is 7.16. The van der Waals surface area contributed by atoms with Crippen molar-refractivity contribution in [1.29, 1.82) is 0 Å². The molecule has 0 spiro atoms. The molecule has 1 aliphatic heterocycles. The Morgan fingerprint density at radius 3 is 2.76 bits per heavy atom. The summed E-state index contributed by atoms with van der Waals surface area (Å²) in [6.07, 6.45) is 3.53. The maximum atomic E-state index is 5.49. The highest BCUT2D eigenvalue weighted by Crippen LogP contribution is 2.20. The highest BCUT2D eigenvalue weighted by atomic mass is 16.5. The van der Waals surface area contributed by atoms with E-state index < -0.39 is 0 Å². The highest BCUT2D eigenvalue weighted by molar-refractivity contribution is 4.85. The number of hydrogen-bond acceptors (Lipinski definition) is 3. The third-order valence-electron chi connectivity index (χ3n) is 3.83. The Bertz CT molecular complexity index is 199. The SMILES string of the molecule is CCCOCCCNC1CC(C)N(C)CC1C. The molecule has 0 aromatic rings. The topological polar surface area (TPSA) is 24.5 Å². The smallest absolute Gasteiger partial charge is 0.0478 e. The van der Waals surface area contributed by atoms with E-state index in [2.05, 4.69) is 38.0 Å². The Kier molecular flexibility index (Phi) is 7.09. The van der Waals surface area contributed by atoms with Crippen LogP contribution in [0.15, 0.2) is 0 Å². The van der Waals surface area contributed by atoms with E-state index >= 15 is 0 Å². The van der Waals surface area contributed by atoms with E-state index in [1.54, 1.807) is 0 Å².